The lowest BCUT2D eigenvalue weighted by molar-refractivity contribution is 0.0526. The first-order chi connectivity index (χ1) is 15.9. The second-order valence-electron chi connectivity index (χ2n) is 7.43. The van der Waals surface area contributed by atoms with Gasteiger partial charge in [0, 0.05) is 10.6 Å². The van der Waals surface area contributed by atoms with Crippen molar-refractivity contribution < 1.29 is 18.7 Å². The minimum absolute atomic E-state index is 0.0335. The molecule has 7 heteroatoms. The van der Waals surface area contributed by atoms with E-state index >= 15 is 0 Å². The van der Waals surface area contributed by atoms with Gasteiger partial charge < -0.3 is 13.9 Å². The van der Waals surface area contributed by atoms with E-state index in [0.717, 1.165) is 5.56 Å². The largest absolute Gasteiger partial charge is 0.481 e. The number of hydrogen-bond acceptors (Lipinski definition) is 5. The molecule has 1 aromatic heterocycles. The van der Waals surface area contributed by atoms with E-state index in [9.17, 15) is 9.59 Å². The highest BCUT2D eigenvalue weighted by Gasteiger charge is 2.20. The fourth-order valence-electron chi connectivity index (χ4n) is 3.39. The second-order valence-corrected chi connectivity index (χ2v) is 8.27. The maximum absolute atomic E-state index is 13.4. The third kappa shape index (κ3) is 4.90. The molecule has 0 saturated heterocycles. The van der Waals surface area contributed by atoms with E-state index in [0.29, 0.717) is 21.7 Å². The van der Waals surface area contributed by atoms with Gasteiger partial charge in [-0.05, 0) is 43.7 Å². The van der Waals surface area contributed by atoms with Crippen LogP contribution in [0.1, 0.15) is 28.4 Å². The van der Waals surface area contributed by atoms with Crippen LogP contribution in [0.4, 0.5) is 0 Å². The number of carbonyl (C=O) groups is 1. The summed E-state index contributed by atoms with van der Waals surface area (Å²) in [5.74, 6) is -0.126. The molecule has 0 atom stereocenters. The van der Waals surface area contributed by atoms with Crippen LogP contribution in [-0.4, -0.2) is 12.6 Å². The van der Waals surface area contributed by atoms with Crippen LogP contribution in [0, 0.1) is 6.92 Å². The summed E-state index contributed by atoms with van der Waals surface area (Å²) in [6, 6.07) is 17.4. The number of rotatable bonds is 6. The van der Waals surface area contributed by atoms with Gasteiger partial charge in [-0.15, -0.1) is 0 Å². The summed E-state index contributed by atoms with van der Waals surface area (Å²) in [7, 11) is 0. The Hall–Kier alpha value is -3.28. The predicted octanol–water partition coefficient (Wildman–Crippen LogP) is 6.83. The van der Waals surface area contributed by atoms with Gasteiger partial charge in [0.15, 0.2) is 11.3 Å². The lowest BCUT2D eigenvalue weighted by atomic mass is 10.1. The molecule has 0 spiro atoms. The molecule has 168 valence electrons. The van der Waals surface area contributed by atoms with E-state index in [-0.39, 0.29) is 40.7 Å². The van der Waals surface area contributed by atoms with Gasteiger partial charge in [-0.25, -0.2) is 4.79 Å². The zero-order valence-corrected chi connectivity index (χ0v) is 19.5. The fraction of sp³-hybridized carbons (Fsp3) is 0.154. The molecule has 3 aromatic carbocycles. The Morgan fingerprint density at radius 2 is 1.79 bits per heavy atom. The van der Waals surface area contributed by atoms with Gasteiger partial charge >= 0.3 is 5.97 Å². The second kappa shape index (κ2) is 9.69. The summed E-state index contributed by atoms with van der Waals surface area (Å²) >= 11 is 12.4. The van der Waals surface area contributed by atoms with Gasteiger partial charge in [0.25, 0.3) is 0 Å². The number of carbonyl (C=O) groups excluding carboxylic acids is 1. The number of benzene rings is 3. The predicted molar refractivity (Wildman–Crippen MR) is 129 cm³/mol. The van der Waals surface area contributed by atoms with Crippen molar-refractivity contribution in [2.24, 2.45) is 0 Å². The number of esters is 1. The molecule has 0 fully saturated rings. The third-order valence-corrected chi connectivity index (χ3v) is 5.50. The summed E-state index contributed by atoms with van der Waals surface area (Å²) in [6.07, 6.45) is 0. The quantitative estimate of drug-likeness (QED) is 0.281. The Morgan fingerprint density at radius 3 is 2.52 bits per heavy atom. The topological polar surface area (TPSA) is 65.7 Å². The van der Waals surface area contributed by atoms with Crippen molar-refractivity contribution in [3.63, 3.8) is 0 Å². The number of fused-ring (bicyclic) bond motifs is 1. The maximum atomic E-state index is 13.4. The molecule has 33 heavy (non-hydrogen) atoms. The maximum Gasteiger partial charge on any atom is 0.338 e. The van der Waals surface area contributed by atoms with Crippen molar-refractivity contribution in [1.82, 2.24) is 0 Å². The zero-order valence-electron chi connectivity index (χ0n) is 18.0. The minimum Gasteiger partial charge on any atom is -0.481 e. The van der Waals surface area contributed by atoms with Crippen LogP contribution >= 0.6 is 23.2 Å². The summed E-state index contributed by atoms with van der Waals surface area (Å²) < 4.78 is 17.1. The van der Waals surface area contributed by atoms with Crippen LogP contribution in [0.15, 0.2) is 69.9 Å². The molecule has 5 nitrogen and oxygen atoms in total. The van der Waals surface area contributed by atoms with E-state index in [1.807, 2.05) is 31.2 Å². The van der Waals surface area contributed by atoms with Crippen LogP contribution < -0.4 is 10.2 Å². The normalized spacial score (nSPS) is 10.9. The number of aryl methyl sites for hydroxylation is 1. The molecule has 1 heterocycles. The van der Waals surface area contributed by atoms with Crippen molar-refractivity contribution in [3.05, 3.63) is 97.6 Å². The molecule has 0 radical (unpaired) electrons. The average molecular weight is 483 g/mol. The van der Waals surface area contributed by atoms with Crippen LogP contribution in [0.3, 0.4) is 0 Å². The Morgan fingerprint density at radius 1 is 1.03 bits per heavy atom. The summed E-state index contributed by atoms with van der Waals surface area (Å²) in [6.45, 7) is 4.03. The first kappa shape index (κ1) is 22.9. The molecule has 4 aromatic rings. The first-order valence-electron chi connectivity index (χ1n) is 10.3. The molecule has 0 amide bonds. The third-order valence-electron chi connectivity index (χ3n) is 5.00. The van der Waals surface area contributed by atoms with E-state index in [1.54, 1.807) is 31.2 Å². The Balaban J connectivity index is 1.79. The Kier molecular flexibility index (Phi) is 6.72. The van der Waals surface area contributed by atoms with E-state index in [2.05, 4.69) is 0 Å². The van der Waals surface area contributed by atoms with Crippen molar-refractivity contribution in [2.75, 3.05) is 6.61 Å². The molecule has 0 N–H and O–H groups in total. The number of hydrogen-bond donors (Lipinski definition) is 0. The van der Waals surface area contributed by atoms with Crippen molar-refractivity contribution in [3.8, 4) is 17.1 Å². The highest BCUT2D eigenvalue weighted by Crippen LogP contribution is 2.35. The van der Waals surface area contributed by atoms with Crippen LogP contribution in [-0.2, 0) is 11.3 Å². The highest BCUT2D eigenvalue weighted by atomic mass is 35.5. The summed E-state index contributed by atoms with van der Waals surface area (Å²) in [5.41, 5.74) is 2.67. The average Bonchev–Trinajstić information content (AvgIpc) is 2.80. The molecule has 0 unspecified atom stereocenters. The molecule has 4 rings (SSSR count). The SMILES string of the molecule is CCOC(=O)c1cccc(COc2c(-c3ccc(C)cc3)oc3c(Cl)cc(Cl)cc3c2=O)c1. The van der Waals surface area contributed by atoms with Crippen molar-refractivity contribution in [1.29, 1.82) is 0 Å². The van der Waals surface area contributed by atoms with E-state index in [4.69, 9.17) is 37.1 Å². The van der Waals surface area contributed by atoms with Gasteiger partial charge in [-0.3, -0.25) is 4.79 Å². The Labute approximate surface area is 200 Å². The van der Waals surface area contributed by atoms with Gasteiger partial charge in [-0.2, -0.15) is 0 Å². The molecular formula is C26H20Cl2O5. The molecule has 0 aliphatic rings. The molecule has 0 saturated carbocycles. The smallest absolute Gasteiger partial charge is 0.338 e. The summed E-state index contributed by atoms with van der Waals surface area (Å²) in [5, 5.41) is 0.770. The first-order valence-corrected chi connectivity index (χ1v) is 11.0. The van der Waals surface area contributed by atoms with Gasteiger partial charge in [0.05, 0.1) is 22.6 Å². The van der Waals surface area contributed by atoms with Crippen molar-refractivity contribution >= 4 is 40.1 Å². The molecule has 0 aliphatic heterocycles. The van der Waals surface area contributed by atoms with E-state index < -0.39 is 11.4 Å². The highest BCUT2D eigenvalue weighted by molar-refractivity contribution is 6.38. The van der Waals surface area contributed by atoms with Crippen molar-refractivity contribution in [2.45, 2.75) is 20.5 Å². The zero-order chi connectivity index (χ0) is 23.5. The van der Waals surface area contributed by atoms with E-state index in [1.165, 1.54) is 12.1 Å². The van der Waals surface area contributed by atoms with Crippen LogP contribution in [0.5, 0.6) is 5.75 Å². The standard InChI is InChI=1S/C26H20Cl2O5/c1-3-31-26(30)18-6-4-5-16(11-18)14-32-25-22(29)20-12-19(27)13-21(28)24(20)33-23(25)17-9-7-15(2)8-10-17/h4-13H,3,14H2,1-2H3. The minimum atomic E-state index is -0.422. The fourth-order valence-corrected chi connectivity index (χ4v) is 3.92. The molecule has 0 aliphatic carbocycles. The van der Waals surface area contributed by atoms with Crippen LogP contribution in [0.25, 0.3) is 22.3 Å². The number of halogens is 2. The Bertz CT molecular complexity index is 1390. The van der Waals surface area contributed by atoms with Gasteiger partial charge in [0.1, 0.15) is 6.61 Å². The van der Waals surface area contributed by atoms with Crippen LogP contribution in [0.2, 0.25) is 10.0 Å². The van der Waals surface area contributed by atoms with Gasteiger partial charge in [-0.1, -0.05) is 65.2 Å². The summed E-state index contributed by atoms with van der Waals surface area (Å²) in [4.78, 5) is 25.4. The lowest BCUT2D eigenvalue weighted by Crippen LogP contribution is -2.11. The molecule has 0 bridgehead atoms. The molecular weight excluding hydrogens is 463 g/mol. The monoisotopic (exact) mass is 482 g/mol. The number of ether oxygens (including phenoxy) is 2. The van der Waals surface area contributed by atoms with Gasteiger partial charge in [0.2, 0.25) is 11.2 Å². The lowest BCUT2D eigenvalue weighted by Gasteiger charge is -2.13.